The summed E-state index contributed by atoms with van der Waals surface area (Å²) in [5.74, 6) is 2.72. The largest absolute Gasteiger partial charge is 0.493 e. The summed E-state index contributed by atoms with van der Waals surface area (Å²) >= 11 is 0. The van der Waals surface area contributed by atoms with E-state index in [4.69, 9.17) is 14.2 Å². The van der Waals surface area contributed by atoms with Gasteiger partial charge in [0.25, 0.3) is 5.91 Å². The molecular formula is C34H36N4O4. The molecule has 8 nitrogen and oxygen atoms in total. The van der Waals surface area contributed by atoms with E-state index in [1.165, 1.54) is 0 Å². The fraction of sp³-hybridized carbons (Fsp3) is 0.206. The number of benzene rings is 3. The molecule has 2 N–H and O–H groups in total. The molecule has 0 bridgehead atoms. The summed E-state index contributed by atoms with van der Waals surface area (Å²) in [5, 5.41) is 7.12. The number of hydrogen-bond donors (Lipinski definition) is 2. The molecule has 0 aliphatic heterocycles. The Morgan fingerprint density at radius 1 is 0.810 bits per heavy atom. The molecule has 0 unspecified atom stereocenters. The molecule has 0 aliphatic rings. The number of pyridine rings is 2. The molecule has 2 heterocycles. The van der Waals surface area contributed by atoms with Gasteiger partial charge in [0.15, 0.2) is 11.5 Å². The Kier molecular flexibility index (Phi) is 9.94. The normalized spacial score (nSPS) is 11.1. The van der Waals surface area contributed by atoms with Gasteiger partial charge in [0, 0.05) is 29.5 Å². The second kappa shape index (κ2) is 14.0. The maximum Gasteiger partial charge on any atom is 0.255 e. The number of amides is 1. The van der Waals surface area contributed by atoms with Gasteiger partial charge < -0.3 is 24.8 Å². The summed E-state index contributed by atoms with van der Waals surface area (Å²) in [7, 11) is 3.18. The number of ether oxygens (including phenoxy) is 3. The Morgan fingerprint density at radius 2 is 1.55 bits per heavy atom. The van der Waals surface area contributed by atoms with Crippen molar-refractivity contribution < 1.29 is 19.0 Å². The number of fused-ring (bicyclic) bond motifs is 1. The van der Waals surface area contributed by atoms with E-state index in [1.54, 1.807) is 44.8 Å². The van der Waals surface area contributed by atoms with Gasteiger partial charge in [-0.1, -0.05) is 43.7 Å². The SMILES string of the molecule is CC.COc1cc2nccc(Oc3ccc(Nc4ncccc4C(=O)N[C@@H](C)c4cccc(C)c4)cc3)c2cc1OC. The lowest BCUT2D eigenvalue weighted by atomic mass is 10.1. The van der Waals surface area contributed by atoms with Gasteiger partial charge in [-0.25, -0.2) is 4.98 Å². The third-order valence-corrected chi connectivity index (χ3v) is 6.49. The molecule has 3 aromatic carbocycles. The minimum atomic E-state index is -0.207. The monoisotopic (exact) mass is 564 g/mol. The summed E-state index contributed by atoms with van der Waals surface area (Å²) in [6.07, 6.45) is 3.34. The minimum absolute atomic E-state index is 0.151. The Morgan fingerprint density at radius 3 is 2.26 bits per heavy atom. The summed E-state index contributed by atoms with van der Waals surface area (Å²) in [5.41, 5.74) is 4.13. The van der Waals surface area contributed by atoms with Crippen molar-refractivity contribution in [2.24, 2.45) is 0 Å². The van der Waals surface area contributed by atoms with Crippen LogP contribution in [0.2, 0.25) is 0 Å². The fourth-order valence-corrected chi connectivity index (χ4v) is 4.39. The van der Waals surface area contributed by atoms with Crippen molar-refractivity contribution in [1.29, 1.82) is 0 Å². The highest BCUT2D eigenvalue weighted by atomic mass is 16.5. The highest BCUT2D eigenvalue weighted by Crippen LogP contribution is 2.37. The van der Waals surface area contributed by atoms with Gasteiger partial charge in [0.2, 0.25) is 0 Å². The molecule has 5 rings (SSSR count). The van der Waals surface area contributed by atoms with Crippen molar-refractivity contribution in [3.63, 3.8) is 0 Å². The van der Waals surface area contributed by atoms with Crippen LogP contribution in [0.5, 0.6) is 23.0 Å². The molecule has 42 heavy (non-hydrogen) atoms. The molecule has 1 atom stereocenters. The van der Waals surface area contributed by atoms with Gasteiger partial charge in [-0.15, -0.1) is 0 Å². The summed E-state index contributed by atoms with van der Waals surface area (Å²) < 4.78 is 17.0. The first-order chi connectivity index (χ1) is 20.4. The Balaban J connectivity index is 0.00000198. The first kappa shape index (κ1) is 29.9. The molecular weight excluding hydrogens is 528 g/mol. The summed E-state index contributed by atoms with van der Waals surface area (Å²) in [4.78, 5) is 22.0. The van der Waals surface area contributed by atoms with Gasteiger partial charge in [0.05, 0.1) is 31.3 Å². The number of methoxy groups -OCH3 is 2. The predicted octanol–water partition coefficient (Wildman–Crippen LogP) is 8.01. The maximum absolute atomic E-state index is 13.1. The lowest BCUT2D eigenvalue weighted by molar-refractivity contribution is 0.0940. The third kappa shape index (κ3) is 6.96. The van der Waals surface area contributed by atoms with Crippen molar-refractivity contribution in [1.82, 2.24) is 15.3 Å². The number of aryl methyl sites for hydroxylation is 1. The van der Waals surface area contributed by atoms with Gasteiger partial charge in [-0.3, -0.25) is 9.78 Å². The lowest BCUT2D eigenvalue weighted by Gasteiger charge is -2.17. The molecule has 0 aliphatic carbocycles. The Bertz CT molecular complexity index is 1650. The van der Waals surface area contributed by atoms with Gasteiger partial charge in [-0.2, -0.15) is 0 Å². The van der Waals surface area contributed by atoms with Crippen molar-refractivity contribution in [3.8, 4) is 23.0 Å². The fourth-order valence-electron chi connectivity index (χ4n) is 4.39. The van der Waals surface area contributed by atoms with E-state index in [2.05, 4.69) is 26.7 Å². The van der Waals surface area contributed by atoms with Gasteiger partial charge in [-0.05, 0) is 67.9 Å². The van der Waals surface area contributed by atoms with Crippen LogP contribution in [-0.4, -0.2) is 30.1 Å². The van der Waals surface area contributed by atoms with E-state index in [-0.39, 0.29) is 11.9 Å². The molecule has 0 saturated heterocycles. The Hall–Kier alpha value is -5.11. The van der Waals surface area contributed by atoms with Crippen LogP contribution in [0.25, 0.3) is 10.9 Å². The van der Waals surface area contributed by atoms with E-state index in [0.717, 1.165) is 27.7 Å². The highest BCUT2D eigenvalue weighted by molar-refractivity contribution is 5.99. The topological polar surface area (TPSA) is 94.6 Å². The first-order valence-electron chi connectivity index (χ1n) is 13.8. The lowest BCUT2D eigenvalue weighted by Crippen LogP contribution is -2.27. The number of aromatic nitrogens is 2. The number of rotatable bonds is 9. The van der Waals surface area contributed by atoms with Crippen LogP contribution in [0, 0.1) is 6.92 Å². The van der Waals surface area contributed by atoms with Crippen molar-refractivity contribution in [2.45, 2.75) is 33.7 Å². The van der Waals surface area contributed by atoms with Crippen LogP contribution in [0.4, 0.5) is 11.5 Å². The number of hydrogen-bond acceptors (Lipinski definition) is 7. The molecule has 8 heteroatoms. The van der Waals surface area contributed by atoms with Crippen LogP contribution in [-0.2, 0) is 0 Å². The number of anilines is 2. The average molecular weight is 565 g/mol. The third-order valence-electron chi connectivity index (χ3n) is 6.49. The zero-order valence-electron chi connectivity index (χ0n) is 24.8. The highest BCUT2D eigenvalue weighted by Gasteiger charge is 2.16. The average Bonchev–Trinajstić information content (AvgIpc) is 3.02. The number of nitrogens with zero attached hydrogens (tertiary/aromatic N) is 2. The molecule has 2 aromatic heterocycles. The van der Waals surface area contributed by atoms with E-state index in [9.17, 15) is 4.79 Å². The van der Waals surface area contributed by atoms with Crippen LogP contribution in [0.3, 0.4) is 0 Å². The van der Waals surface area contributed by atoms with E-state index in [1.807, 2.05) is 82.3 Å². The van der Waals surface area contributed by atoms with Crippen LogP contribution in [0.15, 0.2) is 91.3 Å². The zero-order valence-corrected chi connectivity index (χ0v) is 24.8. The van der Waals surface area contributed by atoms with Crippen molar-refractivity contribution in [2.75, 3.05) is 19.5 Å². The molecule has 1 amide bonds. The number of carbonyl (C=O) groups is 1. The number of carbonyl (C=O) groups excluding carboxylic acids is 1. The molecule has 0 fully saturated rings. The van der Waals surface area contributed by atoms with Crippen molar-refractivity contribution >= 4 is 28.3 Å². The van der Waals surface area contributed by atoms with Crippen molar-refractivity contribution in [3.05, 3.63) is 108 Å². The second-order valence-electron chi connectivity index (χ2n) is 9.29. The second-order valence-corrected chi connectivity index (χ2v) is 9.29. The predicted molar refractivity (Wildman–Crippen MR) is 167 cm³/mol. The van der Waals surface area contributed by atoms with Crippen LogP contribution in [0.1, 0.15) is 48.3 Å². The van der Waals surface area contributed by atoms with E-state index < -0.39 is 0 Å². The summed E-state index contributed by atoms with van der Waals surface area (Å²) in [6, 6.07) is 24.3. The van der Waals surface area contributed by atoms with E-state index in [0.29, 0.717) is 34.4 Å². The van der Waals surface area contributed by atoms with Crippen LogP contribution >= 0.6 is 0 Å². The minimum Gasteiger partial charge on any atom is -0.493 e. The van der Waals surface area contributed by atoms with E-state index >= 15 is 0 Å². The maximum atomic E-state index is 13.1. The molecule has 216 valence electrons. The van der Waals surface area contributed by atoms with Gasteiger partial charge >= 0.3 is 0 Å². The zero-order chi connectivity index (χ0) is 30.1. The molecule has 0 spiro atoms. The standard InChI is InChI=1S/C32H30N4O4.C2H6/c1-20-7-5-8-22(17-20)21(2)35-32(37)25-9-6-15-34-31(25)36-23-10-12-24(13-11-23)40-28-14-16-33-27-19-30(39-4)29(38-3)18-26(27)28;1-2/h5-19,21H,1-4H3,(H,34,36)(H,35,37);1-2H3/t21-;/m0./s1. The first-order valence-corrected chi connectivity index (χ1v) is 13.8. The smallest absolute Gasteiger partial charge is 0.255 e. The Labute approximate surface area is 246 Å². The quantitative estimate of drug-likeness (QED) is 0.187. The summed E-state index contributed by atoms with van der Waals surface area (Å²) in [6.45, 7) is 8.00. The van der Waals surface area contributed by atoms with Crippen LogP contribution < -0.4 is 24.8 Å². The molecule has 0 radical (unpaired) electrons. The molecule has 5 aromatic rings. The van der Waals surface area contributed by atoms with Gasteiger partial charge in [0.1, 0.15) is 17.3 Å². The molecule has 0 saturated carbocycles. The number of nitrogens with one attached hydrogen (secondary N) is 2.